The monoisotopic (exact) mass is 318 g/mol. The van der Waals surface area contributed by atoms with Crippen LogP contribution in [0.5, 0.6) is 0 Å². The van der Waals surface area contributed by atoms with E-state index in [-0.39, 0.29) is 12.3 Å². The van der Waals surface area contributed by atoms with Crippen LogP contribution in [0.4, 0.5) is 5.69 Å². The molecule has 0 bridgehead atoms. The summed E-state index contributed by atoms with van der Waals surface area (Å²) in [5.74, 6) is -0.239. The SMILES string of the molecule is CCN(C(=O)CN1CCCC(CCC(=O)O)C1)c1ccccc1. The van der Waals surface area contributed by atoms with Gasteiger partial charge < -0.3 is 10.0 Å². The Morgan fingerprint density at radius 1 is 1.30 bits per heavy atom. The van der Waals surface area contributed by atoms with Crippen molar-refractivity contribution in [3.63, 3.8) is 0 Å². The molecule has 0 spiro atoms. The second-order valence-electron chi connectivity index (χ2n) is 6.15. The predicted octanol–water partition coefficient (Wildman–Crippen LogP) is 2.62. The van der Waals surface area contributed by atoms with Gasteiger partial charge in [0.15, 0.2) is 0 Å². The summed E-state index contributed by atoms with van der Waals surface area (Å²) in [5.41, 5.74) is 0.930. The molecule has 1 aromatic rings. The number of para-hydroxylation sites is 1. The third-order valence-corrected chi connectivity index (χ3v) is 4.41. The van der Waals surface area contributed by atoms with Crippen molar-refractivity contribution in [3.05, 3.63) is 30.3 Å². The van der Waals surface area contributed by atoms with E-state index in [4.69, 9.17) is 5.11 Å². The molecule has 1 N–H and O–H groups in total. The summed E-state index contributed by atoms with van der Waals surface area (Å²) >= 11 is 0. The molecule has 2 rings (SSSR count). The second kappa shape index (κ2) is 8.67. The van der Waals surface area contributed by atoms with Gasteiger partial charge in [-0.3, -0.25) is 14.5 Å². The van der Waals surface area contributed by atoms with Crippen LogP contribution < -0.4 is 4.90 Å². The highest BCUT2D eigenvalue weighted by Gasteiger charge is 2.24. The van der Waals surface area contributed by atoms with E-state index in [1.807, 2.05) is 37.3 Å². The lowest BCUT2D eigenvalue weighted by Crippen LogP contribution is -2.44. The smallest absolute Gasteiger partial charge is 0.303 e. The highest BCUT2D eigenvalue weighted by molar-refractivity contribution is 5.94. The molecule has 1 aliphatic rings. The van der Waals surface area contributed by atoms with Gasteiger partial charge in [-0.05, 0) is 50.8 Å². The van der Waals surface area contributed by atoms with Gasteiger partial charge >= 0.3 is 5.97 Å². The maximum atomic E-state index is 12.6. The summed E-state index contributed by atoms with van der Waals surface area (Å²) in [6.07, 6.45) is 3.02. The number of piperidine rings is 1. The molecule has 1 saturated heterocycles. The lowest BCUT2D eigenvalue weighted by Gasteiger charge is -2.33. The molecular weight excluding hydrogens is 292 g/mol. The second-order valence-corrected chi connectivity index (χ2v) is 6.15. The van der Waals surface area contributed by atoms with Gasteiger partial charge in [-0.1, -0.05) is 18.2 Å². The van der Waals surface area contributed by atoms with Crippen molar-refractivity contribution in [1.82, 2.24) is 4.90 Å². The fraction of sp³-hybridized carbons (Fsp3) is 0.556. The summed E-state index contributed by atoms with van der Waals surface area (Å²) in [5, 5.41) is 8.81. The topological polar surface area (TPSA) is 60.9 Å². The minimum Gasteiger partial charge on any atom is -0.481 e. The lowest BCUT2D eigenvalue weighted by molar-refractivity contribution is -0.137. The number of hydrogen-bond acceptors (Lipinski definition) is 3. The Morgan fingerprint density at radius 3 is 2.70 bits per heavy atom. The van der Waals surface area contributed by atoms with Crippen LogP contribution in [0.2, 0.25) is 0 Å². The minimum absolute atomic E-state index is 0.109. The maximum Gasteiger partial charge on any atom is 0.303 e. The highest BCUT2D eigenvalue weighted by Crippen LogP contribution is 2.21. The first kappa shape index (κ1) is 17.5. The molecule has 1 aliphatic heterocycles. The van der Waals surface area contributed by atoms with Crippen LogP contribution in [0.15, 0.2) is 30.3 Å². The Balaban J connectivity index is 1.89. The molecule has 0 saturated carbocycles. The first-order valence-electron chi connectivity index (χ1n) is 8.39. The summed E-state index contributed by atoms with van der Waals surface area (Å²) < 4.78 is 0. The zero-order valence-corrected chi connectivity index (χ0v) is 13.8. The molecule has 1 amide bonds. The fourth-order valence-electron chi connectivity index (χ4n) is 3.25. The van der Waals surface area contributed by atoms with Gasteiger partial charge in [-0.15, -0.1) is 0 Å². The number of carbonyl (C=O) groups is 2. The number of benzene rings is 1. The molecule has 126 valence electrons. The average Bonchev–Trinajstić information content (AvgIpc) is 2.55. The van der Waals surface area contributed by atoms with Crippen LogP contribution in [0, 0.1) is 5.92 Å². The first-order valence-corrected chi connectivity index (χ1v) is 8.39. The Labute approximate surface area is 137 Å². The molecule has 1 atom stereocenters. The van der Waals surface area contributed by atoms with Crippen LogP contribution in [0.1, 0.15) is 32.6 Å². The number of aliphatic carboxylic acids is 1. The maximum absolute atomic E-state index is 12.6. The molecule has 0 aliphatic carbocycles. The molecule has 1 unspecified atom stereocenters. The van der Waals surface area contributed by atoms with Crippen LogP contribution in [0.25, 0.3) is 0 Å². The van der Waals surface area contributed by atoms with Gasteiger partial charge in [-0.2, -0.15) is 0 Å². The standard InChI is InChI=1S/C18H26N2O3/c1-2-20(16-8-4-3-5-9-16)17(21)14-19-12-6-7-15(13-19)10-11-18(22)23/h3-5,8-9,15H,2,6-7,10-14H2,1H3,(H,22,23). The summed E-state index contributed by atoms with van der Waals surface area (Å²) in [7, 11) is 0. The van der Waals surface area contributed by atoms with Gasteiger partial charge in [0, 0.05) is 25.2 Å². The molecule has 0 radical (unpaired) electrons. The number of likely N-dealkylation sites (tertiary alicyclic amines) is 1. The van der Waals surface area contributed by atoms with Crippen molar-refractivity contribution < 1.29 is 14.7 Å². The van der Waals surface area contributed by atoms with Crippen molar-refractivity contribution in [2.24, 2.45) is 5.92 Å². The van der Waals surface area contributed by atoms with E-state index in [0.29, 0.717) is 25.4 Å². The molecule has 1 fully saturated rings. The van der Waals surface area contributed by atoms with Crippen molar-refractivity contribution in [1.29, 1.82) is 0 Å². The summed E-state index contributed by atoms with van der Waals surface area (Å²) in [6, 6.07) is 9.72. The average molecular weight is 318 g/mol. The van der Waals surface area contributed by atoms with Gasteiger partial charge in [0.05, 0.1) is 6.54 Å². The molecule has 5 heteroatoms. The molecule has 1 aromatic carbocycles. The van der Waals surface area contributed by atoms with E-state index in [2.05, 4.69) is 4.90 Å². The first-order chi connectivity index (χ1) is 11.1. The van der Waals surface area contributed by atoms with Crippen molar-refractivity contribution in [2.75, 3.05) is 31.1 Å². The minimum atomic E-state index is -0.737. The third kappa shape index (κ3) is 5.36. The number of nitrogens with zero attached hydrogens (tertiary/aromatic N) is 2. The molecule has 5 nitrogen and oxygen atoms in total. The van der Waals surface area contributed by atoms with E-state index in [1.54, 1.807) is 4.90 Å². The van der Waals surface area contributed by atoms with E-state index in [9.17, 15) is 9.59 Å². The van der Waals surface area contributed by atoms with Gasteiger partial charge in [0.25, 0.3) is 0 Å². The van der Waals surface area contributed by atoms with Gasteiger partial charge in [-0.25, -0.2) is 0 Å². The molecular formula is C18H26N2O3. The van der Waals surface area contributed by atoms with E-state index in [1.165, 1.54) is 0 Å². The largest absolute Gasteiger partial charge is 0.481 e. The Bertz CT molecular complexity index is 518. The van der Waals surface area contributed by atoms with Gasteiger partial charge in [0.2, 0.25) is 5.91 Å². The number of carboxylic acids is 1. The van der Waals surface area contributed by atoms with Crippen LogP contribution in [-0.2, 0) is 9.59 Å². The number of carboxylic acid groups (broad SMARTS) is 1. The fourth-order valence-corrected chi connectivity index (χ4v) is 3.25. The van der Waals surface area contributed by atoms with E-state index < -0.39 is 5.97 Å². The Kier molecular flexibility index (Phi) is 6.59. The number of carbonyl (C=O) groups excluding carboxylic acids is 1. The molecule has 23 heavy (non-hydrogen) atoms. The zero-order valence-electron chi connectivity index (χ0n) is 13.8. The van der Waals surface area contributed by atoms with Crippen molar-refractivity contribution in [3.8, 4) is 0 Å². The number of likely N-dealkylation sites (N-methyl/N-ethyl adjacent to an activating group) is 1. The Hall–Kier alpha value is -1.88. The van der Waals surface area contributed by atoms with Crippen LogP contribution in [0.3, 0.4) is 0 Å². The summed E-state index contributed by atoms with van der Waals surface area (Å²) in [4.78, 5) is 27.3. The number of amides is 1. The van der Waals surface area contributed by atoms with E-state index >= 15 is 0 Å². The lowest BCUT2D eigenvalue weighted by atomic mass is 9.93. The van der Waals surface area contributed by atoms with E-state index in [0.717, 1.165) is 31.6 Å². The number of hydrogen-bond donors (Lipinski definition) is 1. The molecule has 0 aromatic heterocycles. The Morgan fingerprint density at radius 2 is 2.04 bits per heavy atom. The van der Waals surface area contributed by atoms with Crippen LogP contribution in [-0.4, -0.2) is 48.1 Å². The third-order valence-electron chi connectivity index (χ3n) is 4.41. The van der Waals surface area contributed by atoms with Crippen molar-refractivity contribution in [2.45, 2.75) is 32.6 Å². The quantitative estimate of drug-likeness (QED) is 0.839. The predicted molar refractivity (Wildman–Crippen MR) is 90.5 cm³/mol. The van der Waals surface area contributed by atoms with Gasteiger partial charge in [0.1, 0.15) is 0 Å². The zero-order chi connectivity index (χ0) is 16.7. The summed E-state index contributed by atoms with van der Waals surface area (Å²) in [6.45, 7) is 4.79. The number of anilines is 1. The van der Waals surface area contributed by atoms with Crippen LogP contribution >= 0.6 is 0 Å². The molecule has 1 heterocycles. The highest BCUT2D eigenvalue weighted by atomic mass is 16.4. The van der Waals surface area contributed by atoms with Crippen molar-refractivity contribution >= 4 is 17.6 Å². The normalized spacial score (nSPS) is 18.6. The number of rotatable bonds is 7.